The molecule has 2 rings (SSSR count). The molecule has 1 unspecified atom stereocenters. The van der Waals surface area contributed by atoms with E-state index in [2.05, 4.69) is 22.1 Å². The van der Waals surface area contributed by atoms with Crippen LogP contribution < -0.4 is 5.32 Å². The number of piperidine rings is 1. The van der Waals surface area contributed by atoms with Crippen LogP contribution in [0, 0.1) is 0 Å². The van der Waals surface area contributed by atoms with Gasteiger partial charge >= 0.3 is 0 Å². The molecule has 2 heterocycles. The summed E-state index contributed by atoms with van der Waals surface area (Å²) in [6.07, 6.45) is 3.58. The zero-order valence-corrected chi connectivity index (χ0v) is 10.6. The van der Waals surface area contributed by atoms with Gasteiger partial charge in [-0.2, -0.15) is 0 Å². The molecule has 0 spiro atoms. The first-order valence-corrected chi connectivity index (χ1v) is 6.38. The van der Waals surface area contributed by atoms with Gasteiger partial charge in [-0.05, 0) is 38.1 Å². The van der Waals surface area contributed by atoms with Gasteiger partial charge in [0, 0.05) is 18.8 Å². The molecule has 0 aromatic carbocycles. The van der Waals surface area contributed by atoms with E-state index >= 15 is 0 Å². The van der Waals surface area contributed by atoms with Gasteiger partial charge in [0.15, 0.2) is 5.69 Å². The Morgan fingerprint density at radius 3 is 3.22 bits per heavy atom. The SMILES string of the molecule is CCN1CCCC(NC(=O)c2ncccc2O)C1. The number of nitrogens with one attached hydrogen (secondary N) is 1. The largest absolute Gasteiger partial charge is 0.505 e. The zero-order valence-electron chi connectivity index (χ0n) is 10.6. The van der Waals surface area contributed by atoms with Crippen molar-refractivity contribution in [3.8, 4) is 5.75 Å². The quantitative estimate of drug-likeness (QED) is 0.839. The smallest absolute Gasteiger partial charge is 0.273 e. The number of likely N-dealkylation sites (N-methyl/N-ethyl adjacent to an activating group) is 1. The van der Waals surface area contributed by atoms with Crippen LogP contribution in [0.1, 0.15) is 30.3 Å². The Morgan fingerprint density at radius 1 is 1.67 bits per heavy atom. The van der Waals surface area contributed by atoms with Crippen LogP contribution in [0.25, 0.3) is 0 Å². The molecule has 1 atom stereocenters. The van der Waals surface area contributed by atoms with Crippen LogP contribution in [-0.2, 0) is 0 Å². The van der Waals surface area contributed by atoms with E-state index in [1.54, 1.807) is 6.07 Å². The predicted octanol–water partition coefficient (Wildman–Crippen LogP) is 1.00. The second kappa shape index (κ2) is 5.82. The monoisotopic (exact) mass is 249 g/mol. The standard InChI is InChI=1S/C13H19N3O2/c1-2-16-8-4-5-10(9-16)15-13(18)12-11(17)6-3-7-14-12/h3,6-7,10,17H,2,4-5,8-9H2,1H3,(H,15,18). The Hall–Kier alpha value is -1.62. The van der Waals surface area contributed by atoms with Gasteiger partial charge in [-0.1, -0.05) is 6.92 Å². The number of nitrogens with zero attached hydrogens (tertiary/aromatic N) is 2. The maximum absolute atomic E-state index is 12.0. The van der Waals surface area contributed by atoms with E-state index in [4.69, 9.17) is 0 Å². The van der Waals surface area contributed by atoms with Crippen molar-refractivity contribution in [2.24, 2.45) is 0 Å². The van der Waals surface area contributed by atoms with Crippen LogP contribution in [0.5, 0.6) is 5.75 Å². The van der Waals surface area contributed by atoms with Crippen LogP contribution in [-0.4, -0.2) is 46.6 Å². The second-order valence-corrected chi connectivity index (χ2v) is 4.58. The molecule has 1 saturated heterocycles. The van der Waals surface area contributed by atoms with Crippen LogP contribution in [0.4, 0.5) is 0 Å². The number of aromatic hydroxyl groups is 1. The molecule has 1 aliphatic heterocycles. The predicted molar refractivity (Wildman–Crippen MR) is 68.5 cm³/mol. The van der Waals surface area contributed by atoms with Crippen LogP contribution in [0.2, 0.25) is 0 Å². The van der Waals surface area contributed by atoms with Gasteiger partial charge in [0.2, 0.25) is 0 Å². The van der Waals surface area contributed by atoms with Crippen LogP contribution in [0.3, 0.4) is 0 Å². The van der Waals surface area contributed by atoms with Crippen LogP contribution in [0.15, 0.2) is 18.3 Å². The summed E-state index contributed by atoms with van der Waals surface area (Å²) in [4.78, 5) is 18.2. The molecule has 1 amide bonds. The molecule has 5 nitrogen and oxygen atoms in total. The fourth-order valence-corrected chi connectivity index (χ4v) is 2.29. The lowest BCUT2D eigenvalue weighted by Crippen LogP contribution is -2.47. The van der Waals surface area contributed by atoms with Crippen molar-refractivity contribution in [2.45, 2.75) is 25.8 Å². The molecule has 98 valence electrons. The fraction of sp³-hybridized carbons (Fsp3) is 0.538. The molecule has 0 aliphatic carbocycles. The number of pyridine rings is 1. The lowest BCUT2D eigenvalue weighted by Gasteiger charge is -2.32. The average molecular weight is 249 g/mol. The molecule has 1 aromatic rings. The van der Waals surface area contributed by atoms with Gasteiger partial charge in [0.1, 0.15) is 5.75 Å². The first kappa shape index (κ1) is 12.8. The number of aromatic nitrogens is 1. The number of carbonyl (C=O) groups excluding carboxylic acids is 1. The van der Waals surface area contributed by atoms with E-state index in [-0.39, 0.29) is 23.4 Å². The van der Waals surface area contributed by atoms with Crippen molar-refractivity contribution in [1.82, 2.24) is 15.2 Å². The maximum atomic E-state index is 12.0. The number of carbonyl (C=O) groups is 1. The summed E-state index contributed by atoms with van der Waals surface area (Å²) in [5.74, 6) is -0.366. The molecule has 0 radical (unpaired) electrons. The topological polar surface area (TPSA) is 65.5 Å². The minimum absolute atomic E-state index is 0.0712. The second-order valence-electron chi connectivity index (χ2n) is 4.58. The number of hydrogen-bond acceptors (Lipinski definition) is 4. The third-order valence-electron chi connectivity index (χ3n) is 3.29. The minimum atomic E-state index is -0.295. The normalized spacial score (nSPS) is 20.6. The molecule has 1 aromatic heterocycles. The lowest BCUT2D eigenvalue weighted by molar-refractivity contribution is 0.0898. The molecule has 1 fully saturated rings. The highest BCUT2D eigenvalue weighted by atomic mass is 16.3. The summed E-state index contributed by atoms with van der Waals surface area (Å²) in [5, 5.41) is 12.5. The van der Waals surface area contributed by atoms with E-state index < -0.39 is 0 Å². The van der Waals surface area contributed by atoms with Crippen molar-refractivity contribution in [3.05, 3.63) is 24.0 Å². The third-order valence-corrected chi connectivity index (χ3v) is 3.29. The van der Waals surface area contributed by atoms with Crippen LogP contribution >= 0.6 is 0 Å². The molecule has 5 heteroatoms. The molecular weight excluding hydrogens is 230 g/mol. The fourth-order valence-electron chi connectivity index (χ4n) is 2.29. The van der Waals surface area contributed by atoms with Gasteiger partial charge in [-0.15, -0.1) is 0 Å². The van der Waals surface area contributed by atoms with Crippen molar-refractivity contribution in [2.75, 3.05) is 19.6 Å². The maximum Gasteiger partial charge on any atom is 0.273 e. The molecular formula is C13H19N3O2. The summed E-state index contributed by atoms with van der Waals surface area (Å²) < 4.78 is 0. The Morgan fingerprint density at radius 2 is 2.50 bits per heavy atom. The van der Waals surface area contributed by atoms with Gasteiger partial charge in [0.25, 0.3) is 5.91 Å². The zero-order chi connectivity index (χ0) is 13.0. The Balaban J connectivity index is 1.97. The van der Waals surface area contributed by atoms with E-state index in [9.17, 15) is 9.90 Å². The van der Waals surface area contributed by atoms with Gasteiger partial charge in [-0.3, -0.25) is 4.79 Å². The first-order valence-electron chi connectivity index (χ1n) is 6.38. The lowest BCUT2D eigenvalue weighted by atomic mass is 10.1. The van der Waals surface area contributed by atoms with Crippen molar-refractivity contribution >= 4 is 5.91 Å². The molecule has 18 heavy (non-hydrogen) atoms. The third kappa shape index (κ3) is 2.98. The summed E-state index contributed by atoms with van der Waals surface area (Å²) in [6, 6.07) is 3.22. The highest BCUT2D eigenvalue weighted by Gasteiger charge is 2.22. The highest BCUT2D eigenvalue weighted by Crippen LogP contribution is 2.14. The van der Waals surface area contributed by atoms with Crippen molar-refractivity contribution < 1.29 is 9.90 Å². The van der Waals surface area contributed by atoms with Gasteiger partial charge < -0.3 is 15.3 Å². The highest BCUT2D eigenvalue weighted by molar-refractivity contribution is 5.94. The Bertz CT molecular complexity index is 422. The Labute approximate surface area is 107 Å². The minimum Gasteiger partial charge on any atom is -0.505 e. The average Bonchev–Trinajstić information content (AvgIpc) is 2.39. The van der Waals surface area contributed by atoms with Gasteiger partial charge in [0.05, 0.1) is 0 Å². The van der Waals surface area contributed by atoms with Gasteiger partial charge in [-0.25, -0.2) is 4.98 Å². The summed E-state index contributed by atoms with van der Waals surface area (Å²) in [7, 11) is 0. The van der Waals surface area contributed by atoms with E-state index in [1.807, 2.05) is 0 Å². The number of hydrogen-bond donors (Lipinski definition) is 2. The van der Waals surface area contributed by atoms with E-state index in [0.29, 0.717) is 0 Å². The number of likely N-dealkylation sites (tertiary alicyclic amines) is 1. The van der Waals surface area contributed by atoms with Crippen molar-refractivity contribution in [3.63, 3.8) is 0 Å². The van der Waals surface area contributed by atoms with Crippen molar-refractivity contribution in [1.29, 1.82) is 0 Å². The van der Waals surface area contributed by atoms with E-state index in [0.717, 1.165) is 32.5 Å². The summed E-state index contributed by atoms with van der Waals surface area (Å²) >= 11 is 0. The molecule has 2 N–H and O–H groups in total. The summed E-state index contributed by atoms with van der Waals surface area (Å²) in [5.41, 5.74) is 0.103. The Kier molecular flexibility index (Phi) is 4.15. The van der Waals surface area contributed by atoms with E-state index in [1.165, 1.54) is 12.3 Å². The first-order chi connectivity index (χ1) is 8.70. The number of amides is 1. The molecule has 0 saturated carbocycles. The molecule has 0 bridgehead atoms. The molecule has 1 aliphatic rings. The summed E-state index contributed by atoms with van der Waals surface area (Å²) in [6.45, 7) is 5.09. The number of rotatable bonds is 3.